The number of aliphatic hydroxyl groups is 1. The molecule has 0 spiro atoms. The number of rotatable bonds is 5. The van der Waals surface area contributed by atoms with Gasteiger partial charge in [-0.15, -0.1) is 0 Å². The second kappa shape index (κ2) is 6.50. The third-order valence-electron chi connectivity index (χ3n) is 3.46. The zero-order valence-corrected chi connectivity index (χ0v) is 14.0. The van der Waals surface area contributed by atoms with Crippen molar-refractivity contribution >= 4 is 15.9 Å². The van der Waals surface area contributed by atoms with Gasteiger partial charge < -0.3 is 14.6 Å². The average Bonchev–Trinajstić information content (AvgIpc) is 2.47. The van der Waals surface area contributed by atoms with Crippen LogP contribution in [0.2, 0.25) is 0 Å². The van der Waals surface area contributed by atoms with Crippen molar-refractivity contribution in [2.24, 2.45) is 0 Å². The van der Waals surface area contributed by atoms with E-state index in [0.717, 1.165) is 21.3 Å². The number of para-hydroxylation sites is 1. The lowest BCUT2D eigenvalue weighted by Gasteiger charge is -2.26. The summed E-state index contributed by atoms with van der Waals surface area (Å²) >= 11 is 3.46. The van der Waals surface area contributed by atoms with Crippen molar-refractivity contribution in [2.75, 3.05) is 14.2 Å². The summed E-state index contributed by atoms with van der Waals surface area (Å²) in [5.41, 5.74) is 0.637. The molecule has 1 atom stereocenters. The van der Waals surface area contributed by atoms with E-state index in [1.807, 2.05) is 42.5 Å². The summed E-state index contributed by atoms with van der Waals surface area (Å²) < 4.78 is 11.7. The molecule has 2 rings (SSSR count). The number of halogens is 1. The highest BCUT2D eigenvalue weighted by Crippen LogP contribution is 2.35. The molecular weight excluding hydrogens is 332 g/mol. The monoisotopic (exact) mass is 350 g/mol. The molecule has 0 fully saturated rings. The average molecular weight is 351 g/mol. The highest BCUT2D eigenvalue weighted by molar-refractivity contribution is 9.10. The number of benzene rings is 2. The zero-order chi connectivity index (χ0) is 15.5. The third-order valence-corrected chi connectivity index (χ3v) is 3.96. The summed E-state index contributed by atoms with van der Waals surface area (Å²) in [5, 5.41) is 10.9. The van der Waals surface area contributed by atoms with E-state index in [9.17, 15) is 5.11 Å². The maximum atomic E-state index is 10.9. The Hall–Kier alpha value is -1.52. The summed E-state index contributed by atoms with van der Waals surface area (Å²) in [4.78, 5) is 0. The van der Waals surface area contributed by atoms with Crippen LogP contribution in [-0.4, -0.2) is 19.3 Å². The zero-order valence-electron chi connectivity index (χ0n) is 12.4. The summed E-state index contributed by atoms with van der Waals surface area (Å²) in [6.45, 7) is 1.78. The second-order valence-corrected chi connectivity index (χ2v) is 6.02. The fraction of sp³-hybridized carbons (Fsp3) is 0.294. The predicted molar refractivity (Wildman–Crippen MR) is 87.0 cm³/mol. The Bertz CT molecular complexity index is 623. The van der Waals surface area contributed by atoms with Crippen molar-refractivity contribution in [3.63, 3.8) is 0 Å². The molecule has 21 heavy (non-hydrogen) atoms. The molecule has 2 aromatic carbocycles. The van der Waals surface area contributed by atoms with Crippen LogP contribution in [0.3, 0.4) is 0 Å². The van der Waals surface area contributed by atoms with Crippen LogP contribution in [0.5, 0.6) is 11.5 Å². The normalized spacial score (nSPS) is 13.6. The molecule has 0 aromatic heterocycles. The molecule has 0 bridgehead atoms. The van der Waals surface area contributed by atoms with Crippen LogP contribution in [0.1, 0.15) is 18.1 Å². The van der Waals surface area contributed by atoms with E-state index in [0.29, 0.717) is 12.2 Å². The SMILES string of the molecule is COc1ccc(Br)cc1CC(C)(O)c1ccccc1OC. The van der Waals surface area contributed by atoms with Gasteiger partial charge in [-0.1, -0.05) is 34.1 Å². The van der Waals surface area contributed by atoms with Crippen LogP contribution in [0.25, 0.3) is 0 Å². The Labute approximate surface area is 133 Å². The van der Waals surface area contributed by atoms with Gasteiger partial charge in [0.2, 0.25) is 0 Å². The minimum Gasteiger partial charge on any atom is -0.496 e. The van der Waals surface area contributed by atoms with Crippen molar-refractivity contribution in [2.45, 2.75) is 18.9 Å². The molecular formula is C17H19BrO3. The van der Waals surface area contributed by atoms with E-state index in [1.165, 1.54) is 0 Å². The molecule has 0 saturated heterocycles. The minimum absolute atomic E-state index is 0.427. The molecule has 112 valence electrons. The van der Waals surface area contributed by atoms with Gasteiger partial charge in [0.25, 0.3) is 0 Å². The van der Waals surface area contributed by atoms with Crippen molar-refractivity contribution in [3.8, 4) is 11.5 Å². The standard InChI is InChI=1S/C17H19BrO3/c1-17(19,14-6-4-5-7-16(14)21-3)11-12-10-13(18)8-9-15(12)20-2/h4-10,19H,11H2,1-3H3. The molecule has 0 aliphatic heterocycles. The number of methoxy groups -OCH3 is 2. The van der Waals surface area contributed by atoms with E-state index in [-0.39, 0.29) is 0 Å². The van der Waals surface area contributed by atoms with Gasteiger partial charge in [0.15, 0.2) is 0 Å². The van der Waals surface area contributed by atoms with E-state index in [2.05, 4.69) is 15.9 Å². The van der Waals surface area contributed by atoms with E-state index < -0.39 is 5.60 Å². The number of ether oxygens (including phenoxy) is 2. The van der Waals surface area contributed by atoms with Gasteiger partial charge in [-0.2, -0.15) is 0 Å². The summed E-state index contributed by atoms with van der Waals surface area (Å²) in [7, 11) is 3.24. The Morgan fingerprint density at radius 2 is 1.71 bits per heavy atom. The summed E-state index contributed by atoms with van der Waals surface area (Å²) in [6.07, 6.45) is 0.427. The van der Waals surface area contributed by atoms with Crippen LogP contribution >= 0.6 is 15.9 Å². The quantitative estimate of drug-likeness (QED) is 0.888. The smallest absolute Gasteiger partial charge is 0.124 e. The lowest BCUT2D eigenvalue weighted by atomic mass is 9.88. The van der Waals surface area contributed by atoms with Crippen molar-refractivity contribution in [1.29, 1.82) is 0 Å². The third kappa shape index (κ3) is 3.57. The molecule has 1 N–H and O–H groups in total. The van der Waals surface area contributed by atoms with Crippen LogP contribution < -0.4 is 9.47 Å². The highest BCUT2D eigenvalue weighted by atomic mass is 79.9. The van der Waals surface area contributed by atoms with Gasteiger partial charge in [0.05, 0.1) is 19.8 Å². The van der Waals surface area contributed by atoms with Gasteiger partial charge in [0.1, 0.15) is 11.5 Å². The molecule has 0 radical (unpaired) electrons. The molecule has 4 heteroatoms. The van der Waals surface area contributed by atoms with Gasteiger partial charge >= 0.3 is 0 Å². The Morgan fingerprint density at radius 1 is 1.05 bits per heavy atom. The molecule has 0 aliphatic rings. The highest BCUT2D eigenvalue weighted by Gasteiger charge is 2.28. The first-order valence-corrected chi connectivity index (χ1v) is 7.45. The number of hydrogen-bond donors (Lipinski definition) is 1. The van der Waals surface area contributed by atoms with Crippen molar-refractivity contribution in [1.82, 2.24) is 0 Å². The fourth-order valence-electron chi connectivity index (χ4n) is 2.44. The Kier molecular flexibility index (Phi) is 4.91. The first kappa shape index (κ1) is 15.9. The molecule has 2 aromatic rings. The van der Waals surface area contributed by atoms with Gasteiger partial charge in [-0.05, 0) is 36.8 Å². The van der Waals surface area contributed by atoms with Crippen LogP contribution in [0.15, 0.2) is 46.9 Å². The van der Waals surface area contributed by atoms with E-state index in [1.54, 1.807) is 21.1 Å². The first-order valence-electron chi connectivity index (χ1n) is 6.66. The molecule has 3 nitrogen and oxygen atoms in total. The minimum atomic E-state index is -1.05. The molecule has 0 amide bonds. The van der Waals surface area contributed by atoms with E-state index >= 15 is 0 Å². The lowest BCUT2D eigenvalue weighted by Crippen LogP contribution is -2.25. The molecule has 1 unspecified atom stereocenters. The van der Waals surface area contributed by atoms with Gasteiger partial charge in [0, 0.05) is 16.5 Å². The van der Waals surface area contributed by atoms with E-state index in [4.69, 9.17) is 9.47 Å². The molecule has 0 heterocycles. The van der Waals surface area contributed by atoms with Crippen LogP contribution in [0.4, 0.5) is 0 Å². The Balaban J connectivity index is 2.39. The van der Waals surface area contributed by atoms with Gasteiger partial charge in [-0.25, -0.2) is 0 Å². The van der Waals surface area contributed by atoms with Crippen molar-refractivity contribution < 1.29 is 14.6 Å². The number of hydrogen-bond acceptors (Lipinski definition) is 3. The molecule has 0 saturated carbocycles. The topological polar surface area (TPSA) is 38.7 Å². The largest absolute Gasteiger partial charge is 0.496 e. The van der Waals surface area contributed by atoms with Crippen LogP contribution in [0, 0.1) is 0 Å². The fourth-order valence-corrected chi connectivity index (χ4v) is 2.85. The van der Waals surface area contributed by atoms with Crippen molar-refractivity contribution in [3.05, 3.63) is 58.1 Å². The maximum absolute atomic E-state index is 10.9. The van der Waals surface area contributed by atoms with Crippen LogP contribution in [-0.2, 0) is 12.0 Å². The van der Waals surface area contributed by atoms with Gasteiger partial charge in [-0.3, -0.25) is 0 Å². The predicted octanol–water partition coefficient (Wildman–Crippen LogP) is 3.92. The second-order valence-electron chi connectivity index (χ2n) is 5.11. The summed E-state index contributed by atoms with van der Waals surface area (Å²) in [6, 6.07) is 13.3. The Morgan fingerprint density at radius 3 is 2.38 bits per heavy atom. The maximum Gasteiger partial charge on any atom is 0.124 e. The molecule has 0 aliphatic carbocycles. The lowest BCUT2D eigenvalue weighted by molar-refractivity contribution is 0.0543. The summed E-state index contributed by atoms with van der Waals surface area (Å²) in [5.74, 6) is 1.44. The first-order chi connectivity index (χ1) is 9.97.